The van der Waals surface area contributed by atoms with Gasteiger partial charge in [0.15, 0.2) is 5.69 Å². The van der Waals surface area contributed by atoms with Crippen molar-refractivity contribution in [2.45, 2.75) is 19.3 Å². The number of nitrogens with zero attached hydrogens (tertiary/aromatic N) is 4. The maximum atomic E-state index is 11.9. The summed E-state index contributed by atoms with van der Waals surface area (Å²) in [6.45, 7) is 2.64. The van der Waals surface area contributed by atoms with Crippen LogP contribution in [0, 0.1) is 5.92 Å². The van der Waals surface area contributed by atoms with E-state index in [1.807, 2.05) is 4.90 Å². The minimum absolute atomic E-state index is 0.0136. The highest BCUT2D eigenvalue weighted by Crippen LogP contribution is 2.24. The van der Waals surface area contributed by atoms with Gasteiger partial charge in [-0.1, -0.05) is 0 Å². The Morgan fingerprint density at radius 2 is 2.04 bits per heavy atom. The van der Waals surface area contributed by atoms with Crippen LogP contribution < -0.4 is 4.90 Å². The van der Waals surface area contributed by atoms with Gasteiger partial charge in [-0.3, -0.25) is 0 Å². The van der Waals surface area contributed by atoms with Crippen LogP contribution in [0.1, 0.15) is 29.8 Å². The molecule has 2 saturated heterocycles. The molecular formula is C14H20N4O4S. The summed E-state index contributed by atoms with van der Waals surface area (Å²) in [5, 5.41) is 8.99. The number of hydrogen-bond donors (Lipinski definition) is 1. The summed E-state index contributed by atoms with van der Waals surface area (Å²) in [5.74, 6) is -0.0384. The molecule has 1 aromatic rings. The Bertz CT molecular complexity index is 686. The second-order valence-electron chi connectivity index (χ2n) is 6.01. The van der Waals surface area contributed by atoms with Crippen LogP contribution in [0.3, 0.4) is 0 Å². The minimum atomic E-state index is -3.04. The second kappa shape index (κ2) is 6.40. The third-order valence-corrected chi connectivity index (χ3v) is 6.35. The number of carboxylic acid groups (broad SMARTS) is 1. The fraction of sp³-hybridized carbons (Fsp3) is 0.643. The minimum Gasteiger partial charge on any atom is -0.477 e. The van der Waals surface area contributed by atoms with E-state index in [0.717, 1.165) is 19.3 Å². The number of carbonyl (C=O) groups is 1. The van der Waals surface area contributed by atoms with Crippen LogP contribution in [-0.4, -0.2) is 65.7 Å². The lowest BCUT2D eigenvalue weighted by Gasteiger charge is -2.33. The lowest BCUT2D eigenvalue weighted by atomic mass is 9.97. The van der Waals surface area contributed by atoms with Crippen LogP contribution in [0.15, 0.2) is 12.3 Å². The highest BCUT2D eigenvalue weighted by Gasteiger charge is 2.31. The molecule has 126 valence electrons. The van der Waals surface area contributed by atoms with Crippen molar-refractivity contribution in [3.63, 3.8) is 0 Å². The monoisotopic (exact) mass is 340 g/mol. The number of anilines is 1. The molecular weight excluding hydrogens is 320 g/mol. The van der Waals surface area contributed by atoms with Crippen molar-refractivity contribution >= 4 is 21.9 Å². The SMILES string of the molecule is O=C(O)c1ccnc(N2CCC(CN3CCCS3(=O)=O)CC2)n1. The van der Waals surface area contributed by atoms with E-state index in [9.17, 15) is 13.2 Å². The van der Waals surface area contributed by atoms with Gasteiger partial charge < -0.3 is 10.0 Å². The molecule has 0 aromatic carbocycles. The van der Waals surface area contributed by atoms with E-state index in [1.54, 1.807) is 4.31 Å². The van der Waals surface area contributed by atoms with Crippen molar-refractivity contribution in [2.24, 2.45) is 5.92 Å². The van der Waals surface area contributed by atoms with Crippen LogP contribution >= 0.6 is 0 Å². The first kappa shape index (κ1) is 16.1. The summed E-state index contributed by atoms with van der Waals surface area (Å²) in [6.07, 6.45) is 3.88. The van der Waals surface area contributed by atoms with Crippen molar-refractivity contribution in [3.8, 4) is 0 Å². The predicted octanol–water partition coefficient (Wildman–Crippen LogP) is 0.427. The van der Waals surface area contributed by atoms with E-state index in [-0.39, 0.29) is 11.4 Å². The molecule has 0 amide bonds. The number of carboxylic acids is 1. The zero-order valence-corrected chi connectivity index (χ0v) is 13.6. The lowest BCUT2D eigenvalue weighted by Crippen LogP contribution is -2.40. The molecule has 2 fully saturated rings. The van der Waals surface area contributed by atoms with Gasteiger partial charge in [-0.05, 0) is 31.2 Å². The van der Waals surface area contributed by atoms with Gasteiger partial charge in [0.05, 0.1) is 5.75 Å². The molecule has 0 unspecified atom stereocenters. The summed E-state index contributed by atoms with van der Waals surface area (Å²) in [7, 11) is -3.04. The Labute approximate surface area is 135 Å². The molecule has 0 radical (unpaired) electrons. The summed E-state index contributed by atoms with van der Waals surface area (Å²) in [5.41, 5.74) is -0.0136. The van der Waals surface area contributed by atoms with E-state index in [4.69, 9.17) is 5.11 Å². The summed E-state index contributed by atoms with van der Waals surface area (Å²) >= 11 is 0. The molecule has 8 nitrogen and oxygen atoms in total. The summed E-state index contributed by atoms with van der Waals surface area (Å²) < 4.78 is 25.3. The molecule has 9 heteroatoms. The number of sulfonamides is 1. The molecule has 3 heterocycles. The third kappa shape index (κ3) is 3.61. The molecule has 0 spiro atoms. The van der Waals surface area contributed by atoms with Crippen LogP contribution in [0.2, 0.25) is 0 Å². The molecule has 0 atom stereocenters. The predicted molar refractivity (Wildman–Crippen MR) is 83.9 cm³/mol. The number of rotatable bonds is 4. The van der Waals surface area contributed by atoms with E-state index < -0.39 is 16.0 Å². The average Bonchev–Trinajstić information content (AvgIpc) is 2.87. The van der Waals surface area contributed by atoms with Crippen molar-refractivity contribution in [1.82, 2.24) is 14.3 Å². The Kier molecular flexibility index (Phi) is 4.49. The standard InChI is InChI=1S/C14H20N4O4S/c19-13(20)12-2-5-15-14(16-12)17-7-3-11(4-8-17)10-18-6-1-9-23(18,21)22/h2,5,11H,1,3-4,6-10H2,(H,19,20). The van der Waals surface area contributed by atoms with Gasteiger partial charge in [0.25, 0.3) is 0 Å². The largest absolute Gasteiger partial charge is 0.477 e. The van der Waals surface area contributed by atoms with Crippen molar-refractivity contribution in [1.29, 1.82) is 0 Å². The molecule has 23 heavy (non-hydrogen) atoms. The van der Waals surface area contributed by atoms with Crippen molar-refractivity contribution < 1.29 is 18.3 Å². The van der Waals surface area contributed by atoms with Crippen molar-refractivity contribution in [2.75, 3.05) is 36.8 Å². The summed E-state index contributed by atoms with van der Waals surface area (Å²) in [4.78, 5) is 21.1. The van der Waals surface area contributed by atoms with Gasteiger partial charge in [0.2, 0.25) is 16.0 Å². The highest BCUT2D eigenvalue weighted by atomic mass is 32.2. The molecule has 0 bridgehead atoms. The highest BCUT2D eigenvalue weighted by molar-refractivity contribution is 7.89. The fourth-order valence-corrected chi connectivity index (χ4v) is 4.72. The number of hydrogen-bond acceptors (Lipinski definition) is 6. The van der Waals surface area contributed by atoms with Gasteiger partial charge in [0.1, 0.15) is 0 Å². The van der Waals surface area contributed by atoms with Gasteiger partial charge in [-0.25, -0.2) is 27.5 Å². The quantitative estimate of drug-likeness (QED) is 0.847. The number of aromatic nitrogens is 2. The Morgan fingerprint density at radius 1 is 1.30 bits per heavy atom. The van der Waals surface area contributed by atoms with E-state index >= 15 is 0 Å². The van der Waals surface area contributed by atoms with Crippen molar-refractivity contribution in [3.05, 3.63) is 18.0 Å². The summed E-state index contributed by atoms with van der Waals surface area (Å²) in [6, 6.07) is 1.37. The Morgan fingerprint density at radius 3 is 2.65 bits per heavy atom. The zero-order valence-electron chi connectivity index (χ0n) is 12.8. The van der Waals surface area contributed by atoms with Gasteiger partial charge in [0, 0.05) is 32.4 Å². The molecule has 2 aliphatic heterocycles. The average molecular weight is 340 g/mol. The lowest BCUT2D eigenvalue weighted by molar-refractivity contribution is 0.0690. The first-order chi connectivity index (χ1) is 11.0. The van der Waals surface area contributed by atoms with E-state index in [0.29, 0.717) is 38.0 Å². The molecule has 3 rings (SSSR count). The maximum absolute atomic E-state index is 11.9. The maximum Gasteiger partial charge on any atom is 0.354 e. The smallest absolute Gasteiger partial charge is 0.354 e. The molecule has 1 N–H and O–H groups in total. The first-order valence-electron chi connectivity index (χ1n) is 7.75. The molecule has 0 saturated carbocycles. The van der Waals surface area contributed by atoms with Crippen LogP contribution in [0.25, 0.3) is 0 Å². The Hall–Kier alpha value is -1.74. The van der Waals surface area contributed by atoms with Crippen LogP contribution in [0.5, 0.6) is 0 Å². The number of piperidine rings is 1. The zero-order chi connectivity index (χ0) is 16.4. The first-order valence-corrected chi connectivity index (χ1v) is 9.36. The number of aromatic carboxylic acids is 1. The molecule has 1 aromatic heterocycles. The fourth-order valence-electron chi connectivity index (χ4n) is 3.12. The van der Waals surface area contributed by atoms with Gasteiger partial charge in [-0.15, -0.1) is 0 Å². The Balaban J connectivity index is 1.58. The molecule has 2 aliphatic rings. The second-order valence-corrected chi connectivity index (χ2v) is 8.09. The topological polar surface area (TPSA) is 104 Å². The molecule has 0 aliphatic carbocycles. The third-order valence-electron chi connectivity index (χ3n) is 4.42. The van der Waals surface area contributed by atoms with Crippen LogP contribution in [-0.2, 0) is 10.0 Å². The normalized spacial score (nSPS) is 22.3. The van der Waals surface area contributed by atoms with E-state index in [2.05, 4.69) is 9.97 Å². The van der Waals surface area contributed by atoms with Gasteiger partial charge in [-0.2, -0.15) is 0 Å². The van der Waals surface area contributed by atoms with Crippen LogP contribution in [0.4, 0.5) is 5.95 Å². The van der Waals surface area contributed by atoms with Gasteiger partial charge >= 0.3 is 5.97 Å². The van der Waals surface area contributed by atoms with E-state index in [1.165, 1.54) is 12.3 Å².